The van der Waals surface area contributed by atoms with Gasteiger partial charge in [0.2, 0.25) is 5.91 Å². The number of halogens is 3. The van der Waals surface area contributed by atoms with Crippen LogP contribution in [-0.2, 0) is 17.4 Å². The number of aromatic nitrogens is 1. The van der Waals surface area contributed by atoms with E-state index in [1.165, 1.54) is 17.4 Å². The lowest BCUT2D eigenvalue weighted by Gasteiger charge is -2.07. The van der Waals surface area contributed by atoms with E-state index in [1.807, 2.05) is 0 Å². The second kappa shape index (κ2) is 5.00. The summed E-state index contributed by atoms with van der Waals surface area (Å²) in [6, 6.07) is 4.90. The van der Waals surface area contributed by atoms with Crippen molar-refractivity contribution in [2.24, 2.45) is 5.73 Å². The molecule has 2 rings (SSSR count). The maximum absolute atomic E-state index is 12.6. The van der Waals surface area contributed by atoms with Gasteiger partial charge in [0.05, 0.1) is 17.7 Å². The Morgan fingerprint density at radius 2 is 2.11 bits per heavy atom. The standard InChI is InChI=1S/C12H9F3N2OS/c13-12(14,15)8-3-1-2-7(4-8)9-6-19-11(17-9)5-10(16)18/h1-4,6H,5H2,(H2,16,18). The van der Waals surface area contributed by atoms with Crippen molar-refractivity contribution in [1.82, 2.24) is 4.98 Å². The first-order valence-corrected chi connectivity index (χ1v) is 6.14. The fraction of sp³-hybridized carbons (Fsp3) is 0.167. The third-order valence-corrected chi connectivity index (χ3v) is 3.21. The maximum atomic E-state index is 12.6. The Balaban J connectivity index is 2.32. The van der Waals surface area contributed by atoms with Crippen molar-refractivity contribution in [2.45, 2.75) is 12.6 Å². The molecule has 2 N–H and O–H groups in total. The largest absolute Gasteiger partial charge is 0.416 e. The summed E-state index contributed by atoms with van der Waals surface area (Å²) in [4.78, 5) is 14.8. The molecule has 0 aliphatic rings. The molecule has 2 aromatic rings. The number of amides is 1. The van der Waals surface area contributed by atoms with E-state index in [9.17, 15) is 18.0 Å². The predicted molar refractivity (Wildman–Crippen MR) is 65.5 cm³/mol. The molecule has 0 saturated heterocycles. The van der Waals surface area contributed by atoms with Crippen LogP contribution < -0.4 is 5.73 Å². The highest BCUT2D eigenvalue weighted by Gasteiger charge is 2.30. The van der Waals surface area contributed by atoms with Crippen molar-refractivity contribution in [3.05, 3.63) is 40.2 Å². The van der Waals surface area contributed by atoms with Gasteiger partial charge in [0, 0.05) is 10.9 Å². The number of benzene rings is 1. The quantitative estimate of drug-likeness (QED) is 0.943. The fourth-order valence-electron chi connectivity index (χ4n) is 1.53. The number of thiazole rings is 1. The molecule has 1 amide bonds. The number of nitrogens with zero attached hydrogens (tertiary/aromatic N) is 1. The summed E-state index contributed by atoms with van der Waals surface area (Å²) in [6.45, 7) is 0. The smallest absolute Gasteiger partial charge is 0.369 e. The van der Waals surface area contributed by atoms with Gasteiger partial charge in [-0.15, -0.1) is 11.3 Å². The summed E-state index contributed by atoms with van der Waals surface area (Å²) in [5.41, 5.74) is 5.08. The molecule has 0 fully saturated rings. The minimum absolute atomic E-state index is 0.0103. The van der Waals surface area contributed by atoms with Crippen LogP contribution in [0.1, 0.15) is 10.6 Å². The van der Waals surface area contributed by atoms with Crippen LogP contribution >= 0.6 is 11.3 Å². The van der Waals surface area contributed by atoms with Crippen molar-refractivity contribution in [3.63, 3.8) is 0 Å². The first kappa shape index (κ1) is 13.5. The van der Waals surface area contributed by atoms with E-state index in [2.05, 4.69) is 4.98 Å². The Morgan fingerprint density at radius 3 is 2.74 bits per heavy atom. The summed E-state index contributed by atoms with van der Waals surface area (Å²) in [6.07, 6.45) is -4.40. The van der Waals surface area contributed by atoms with Gasteiger partial charge in [-0.2, -0.15) is 13.2 Å². The van der Waals surface area contributed by atoms with Crippen LogP contribution in [0.5, 0.6) is 0 Å². The van der Waals surface area contributed by atoms with E-state index in [0.29, 0.717) is 16.3 Å². The van der Waals surface area contributed by atoms with E-state index >= 15 is 0 Å². The molecule has 0 spiro atoms. The summed E-state index contributed by atoms with van der Waals surface area (Å²) < 4.78 is 37.7. The zero-order valence-corrected chi connectivity index (χ0v) is 10.4. The number of carbonyl (C=O) groups excluding carboxylic acids is 1. The molecule has 0 atom stereocenters. The van der Waals surface area contributed by atoms with Gasteiger partial charge in [-0.3, -0.25) is 4.79 Å². The number of rotatable bonds is 3. The fourth-order valence-corrected chi connectivity index (χ4v) is 2.34. The van der Waals surface area contributed by atoms with Gasteiger partial charge < -0.3 is 5.73 Å². The van der Waals surface area contributed by atoms with E-state index in [4.69, 9.17) is 5.73 Å². The molecular weight excluding hydrogens is 277 g/mol. The SMILES string of the molecule is NC(=O)Cc1nc(-c2cccc(C(F)(F)F)c2)cs1. The molecule has 0 radical (unpaired) electrons. The summed E-state index contributed by atoms with van der Waals surface area (Å²) >= 11 is 1.19. The second-order valence-electron chi connectivity index (χ2n) is 3.85. The van der Waals surface area contributed by atoms with E-state index in [1.54, 1.807) is 11.4 Å². The predicted octanol–water partition coefficient (Wildman–Crippen LogP) is 2.86. The van der Waals surface area contributed by atoms with Crippen LogP contribution in [0.3, 0.4) is 0 Å². The molecule has 0 saturated carbocycles. The molecule has 0 unspecified atom stereocenters. The van der Waals surface area contributed by atoms with Gasteiger partial charge in [-0.1, -0.05) is 12.1 Å². The first-order valence-electron chi connectivity index (χ1n) is 5.26. The Labute approximate surface area is 110 Å². The molecule has 0 aliphatic carbocycles. The maximum Gasteiger partial charge on any atom is 0.416 e. The average Bonchev–Trinajstić information content (AvgIpc) is 2.76. The van der Waals surface area contributed by atoms with Crippen molar-refractivity contribution in [3.8, 4) is 11.3 Å². The van der Waals surface area contributed by atoms with Crippen molar-refractivity contribution in [2.75, 3.05) is 0 Å². The van der Waals surface area contributed by atoms with Gasteiger partial charge in [0.25, 0.3) is 0 Å². The lowest BCUT2D eigenvalue weighted by molar-refractivity contribution is -0.137. The zero-order chi connectivity index (χ0) is 14.0. The molecule has 100 valence electrons. The molecule has 0 bridgehead atoms. The minimum atomic E-state index is -4.39. The second-order valence-corrected chi connectivity index (χ2v) is 4.79. The Kier molecular flexibility index (Phi) is 3.57. The van der Waals surface area contributed by atoms with Crippen molar-refractivity contribution in [1.29, 1.82) is 0 Å². The lowest BCUT2D eigenvalue weighted by Crippen LogP contribution is -2.13. The van der Waals surface area contributed by atoms with Crippen LogP contribution in [0.25, 0.3) is 11.3 Å². The van der Waals surface area contributed by atoms with Crippen molar-refractivity contribution < 1.29 is 18.0 Å². The number of primary amides is 1. The molecular formula is C12H9F3N2OS. The normalized spacial score (nSPS) is 11.5. The molecule has 1 heterocycles. The number of nitrogens with two attached hydrogens (primary N) is 1. The van der Waals surface area contributed by atoms with Crippen LogP contribution in [0.4, 0.5) is 13.2 Å². The Morgan fingerprint density at radius 1 is 1.37 bits per heavy atom. The van der Waals surface area contributed by atoms with E-state index < -0.39 is 17.6 Å². The van der Waals surface area contributed by atoms with Gasteiger partial charge >= 0.3 is 6.18 Å². The van der Waals surface area contributed by atoms with Crippen LogP contribution in [-0.4, -0.2) is 10.9 Å². The number of alkyl halides is 3. The van der Waals surface area contributed by atoms with Crippen LogP contribution in [0.2, 0.25) is 0 Å². The number of hydrogen-bond donors (Lipinski definition) is 1. The van der Waals surface area contributed by atoms with Gasteiger partial charge in [-0.05, 0) is 12.1 Å². The molecule has 0 aliphatic heterocycles. The summed E-state index contributed by atoms with van der Waals surface area (Å²) in [7, 11) is 0. The van der Waals surface area contributed by atoms with E-state index in [-0.39, 0.29) is 6.42 Å². The Hall–Kier alpha value is -1.89. The highest BCUT2D eigenvalue weighted by molar-refractivity contribution is 7.10. The first-order chi connectivity index (χ1) is 8.86. The Bertz CT molecular complexity index is 607. The molecule has 1 aromatic heterocycles. The minimum Gasteiger partial charge on any atom is -0.369 e. The number of carbonyl (C=O) groups is 1. The third-order valence-electron chi connectivity index (χ3n) is 2.36. The monoisotopic (exact) mass is 286 g/mol. The molecule has 7 heteroatoms. The van der Waals surface area contributed by atoms with Crippen LogP contribution in [0.15, 0.2) is 29.6 Å². The highest BCUT2D eigenvalue weighted by atomic mass is 32.1. The summed E-state index contributed by atoms with van der Waals surface area (Å²) in [5.74, 6) is -0.523. The zero-order valence-electron chi connectivity index (χ0n) is 9.57. The third kappa shape index (κ3) is 3.31. The van der Waals surface area contributed by atoms with Crippen molar-refractivity contribution >= 4 is 17.2 Å². The van der Waals surface area contributed by atoms with Crippen LogP contribution in [0, 0.1) is 0 Å². The lowest BCUT2D eigenvalue weighted by atomic mass is 10.1. The topological polar surface area (TPSA) is 56.0 Å². The van der Waals surface area contributed by atoms with Gasteiger partial charge in [0.1, 0.15) is 5.01 Å². The average molecular weight is 286 g/mol. The van der Waals surface area contributed by atoms with Gasteiger partial charge in [0.15, 0.2) is 0 Å². The summed E-state index contributed by atoms with van der Waals surface area (Å²) in [5, 5.41) is 2.09. The number of hydrogen-bond acceptors (Lipinski definition) is 3. The molecule has 1 aromatic carbocycles. The highest BCUT2D eigenvalue weighted by Crippen LogP contribution is 2.32. The van der Waals surface area contributed by atoms with Gasteiger partial charge in [-0.25, -0.2) is 4.98 Å². The molecule has 3 nitrogen and oxygen atoms in total. The molecule has 19 heavy (non-hydrogen) atoms. The van der Waals surface area contributed by atoms with E-state index in [0.717, 1.165) is 12.1 Å².